The first-order valence-electron chi connectivity index (χ1n) is 11.5. The molecule has 1 atom stereocenters. The topological polar surface area (TPSA) is 94.9 Å². The Morgan fingerprint density at radius 3 is 2.67 bits per heavy atom. The molecule has 0 saturated heterocycles. The van der Waals surface area contributed by atoms with Crippen LogP contribution in [0.1, 0.15) is 38.8 Å². The van der Waals surface area contributed by atoms with E-state index in [9.17, 15) is 9.18 Å². The maximum absolute atomic E-state index is 14.5. The molecule has 0 aliphatic carbocycles. The summed E-state index contributed by atoms with van der Waals surface area (Å²) in [6.07, 6.45) is 3.55. The molecule has 4 rings (SSSR count). The third-order valence-corrected chi connectivity index (χ3v) is 5.68. The molecule has 8 nitrogen and oxygen atoms in total. The molecule has 1 aromatic carbocycles. The molecule has 1 aliphatic rings. The van der Waals surface area contributed by atoms with E-state index in [1.165, 1.54) is 13.3 Å². The van der Waals surface area contributed by atoms with Crippen LogP contribution in [0.3, 0.4) is 0 Å². The van der Waals surface area contributed by atoms with Crippen LogP contribution >= 0.6 is 0 Å². The number of aromatic nitrogens is 2. The number of fused-ring (bicyclic) bond motifs is 2. The lowest BCUT2D eigenvalue weighted by Gasteiger charge is -2.35. The number of halogens is 1. The van der Waals surface area contributed by atoms with E-state index in [-0.39, 0.29) is 12.0 Å². The number of hydrogen-bond acceptors (Lipinski definition) is 7. The van der Waals surface area contributed by atoms with Crippen LogP contribution in [0.2, 0.25) is 0 Å². The van der Waals surface area contributed by atoms with Crippen LogP contribution in [0.15, 0.2) is 53.8 Å². The molecule has 0 bridgehead atoms. The number of methoxy groups -OCH3 is 1. The average Bonchev–Trinajstić information content (AvgIpc) is 2.83. The van der Waals surface area contributed by atoms with Crippen molar-refractivity contribution in [2.45, 2.75) is 33.2 Å². The zero-order chi connectivity index (χ0) is 25.9. The molecule has 0 saturated carbocycles. The molecule has 3 heterocycles. The van der Waals surface area contributed by atoms with E-state index >= 15 is 0 Å². The van der Waals surface area contributed by atoms with Gasteiger partial charge in [-0.25, -0.2) is 9.97 Å². The second-order valence-electron chi connectivity index (χ2n) is 9.85. The van der Waals surface area contributed by atoms with Crippen molar-refractivity contribution in [2.75, 3.05) is 20.3 Å². The third kappa shape index (κ3) is 5.21. The van der Waals surface area contributed by atoms with Crippen LogP contribution in [-0.2, 0) is 15.1 Å². The van der Waals surface area contributed by atoms with Gasteiger partial charge in [0.15, 0.2) is 5.75 Å². The number of hydrogen-bond donors (Lipinski definition) is 1. The first-order chi connectivity index (χ1) is 17.1. The number of nitrogens with zero attached hydrogens (tertiary/aromatic N) is 3. The Morgan fingerprint density at radius 2 is 1.97 bits per heavy atom. The summed E-state index contributed by atoms with van der Waals surface area (Å²) in [6.45, 7) is 8.64. The number of amides is 1. The number of pyridine rings is 2. The Balaban J connectivity index is 1.90. The molecule has 0 spiro atoms. The molecule has 1 N–H and O–H groups in total. The van der Waals surface area contributed by atoms with Gasteiger partial charge in [-0.2, -0.15) is 4.39 Å². The van der Waals surface area contributed by atoms with E-state index in [2.05, 4.69) is 36.1 Å². The molecule has 1 amide bonds. The van der Waals surface area contributed by atoms with Gasteiger partial charge in [0.05, 0.1) is 12.8 Å². The van der Waals surface area contributed by atoms with Crippen molar-refractivity contribution in [3.05, 3.63) is 65.9 Å². The Labute approximate surface area is 209 Å². The van der Waals surface area contributed by atoms with Gasteiger partial charge in [-0.15, -0.1) is 0 Å². The third-order valence-electron chi connectivity index (χ3n) is 5.68. The van der Waals surface area contributed by atoms with Crippen molar-refractivity contribution in [1.82, 2.24) is 15.3 Å². The minimum Gasteiger partial charge on any atom is -0.477 e. The number of nitrogens with one attached hydrogen (secondary N) is 1. The van der Waals surface area contributed by atoms with Crippen molar-refractivity contribution in [1.29, 1.82) is 0 Å². The lowest BCUT2D eigenvalue weighted by molar-refractivity contribution is -0.108. The summed E-state index contributed by atoms with van der Waals surface area (Å²) in [4.78, 5) is 24.4. The fraction of sp³-hybridized carbons (Fsp3) is 0.333. The van der Waals surface area contributed by atoms with Gasteiger partial charge in [0.2, 0.25) is 18.2 Å². The van der Waals surface area contributed by atoms with Crippen molar-refractivity contribution in [3.63, 3.8) is 0 Å². The molecule has 2 aromatic heterocycles. The maximum Gasteiger partial charge on any atom is 0.220 e. The summed E-state index contributed by atoms with van der Waals surface area (Å²) >= 11 is 0. The number of aliphatic imine (C=N–C) groups is 1. The summed E-state index contributed by atoms with van der Waals surface area (Å²) in [5, 5.41) is 2.62. The molecule has 1 aliphatic heterocycles. The highest BCUT2D eigenvalue weighted by Crippen LogP contribution is 2.50. The smallest absolute Gasteiger partial charge is 0.220 e. The van der Waals surface area contributed by atoms with Crippen molar-refractivity contribution in [2.24, 2.45) is 10.4 Å². The molecular formula is C27H29FN4O4. The highest BCUT2D eigenvalue weighted by molar-refractivity contribution is 5.92. The second kappa shape index (κ2) is 10.0. The van der Waals surface area contributed by atoms with Gasteiger partial charge in [-0.1, -0.05) is 26.8 Å². The number of rotatable bonds is 7. The minimum absolute atomic E-state index is 0.0651. The standard InChI is InChI=1S/C27H29FN4O4/c1-26(2,3)15-35-24-12-20-22(13-30-24)36-21-9-8-17(18-7-6-10-29-25(18)28)11-19(21)27(20,4)32-23(14-34-5)31-16-33/h6-13,16H,14-15H2,1-5H3,(H,31,32,33)/t27-/m0/s1. The molecular weight excluding hydrogens is 463 g/mol. The Morgan fingerprint density at radius 1 is 1.19 bits per heavy atom. The quantitative estimate of drug-likeness (QED) is 0.219. The first kappa shape index (κ1) is 25.2. The molecule has 188 valence electrons. The molecule has 0 fully saturated rings. The lowest BCUT2D eigenvalue weighted by Crippen LogP contribution is -2.34. The van der Waals surface area contributed by atoms with Gasteiger partial charge in [-0.3, -0.25) is 9.79 Å². The summed E-state index contributed by atoms with van der Waals surface area (Å²) < 4.78 is 31.9. The molecule has 36 heavy (non-hydrogen) atoms. The van der Waals surface area contributed by atoms with E-state index in [0.717, 1.165) is 0 Å². The Bertz CT molecular complexity index is 1310. The Hall–Kier alpha value is -3.85. The van der Waals surface area contributed by atoms with Gasteiger partial charge >= 0.3 is 0 Å². The second-order valence-corrected chi connectivity index (χ2v) is 9.85. The SMILES string of the molecule is COCC(=N[C@@]1(C)c2cc(-c3cccnc3F)ccc2Oc2cnc(OCC(C)(C)C)cc21)NC=O. The van der Waals surface area contributed by atoms with Gasteiger partial charge in [0.1, 0.15) is 23.7 Å². The van der Waals surface area contributed by atoms with E-state index in [0.29, 0.717) is 58.5 Å². The Kier molecular flexibility index (Phi) is 7.03. The number of ether oxygens (including phenoxy) is 3. The average molecular weight is 493 g/mol. The van der Waals surface area contributed by atoms with Crippen LogP contribution in [0, 0.1) is 11.4 Å². The number of amidine groups is 1. The van der Waals surface area contributed by atoms with Crippen LogP contribution in [-0.4, -0.2) is 42.5 Å². The molecule has 9 heteroatoms. The zero-order valence-corrected chi connectivity index (χ0v) is 21.0. The van der Waals surface area contributed by atoms with E-state index < -0.39 is 11.5 Å². The first-order valence-corrected chi connectivity index (χ1v) is 11.5. The lowest BCUT2D eigenvalue weighted by atomic mass is 9.81. The van der Waals surface area contributed by atoms with Gasteiger partial charge < -0.3 is 19.5 Å². The molecule has 0 radical (unpaired) electrons. The summed E-state index contributed by atoms with van der Waals surface area (Å²) in [6, 6.07) is 10.5. The van der Waals surface area contributed by atoms with Crippen LogP contribution in [0.4, 0.5) is 4.39 Å². The van der Waals surface area contributed by atoms with E-state index in [1.54, 1.807) is 36.5 Å². The number of carbonyl (C=O) groups excluding carboxylic acids is 1. The fourth-order valence-electron chi connectivity index (χ4n) is 3.99. The highest BCUT2D eigenvalue weighted by atomic mass is 19.1. The van der Waals surface area contributed by atoms with E-state index in [1.807, 2.05) is 13.0 Å². The predicted octanol–water partition coefficient (Wildman–Crippen LogP) is 4.87. The monoisotopic (exact) mass is 492 g/mol. The van der Waals surface area contributed by atoms with Crippen molar-refractivity contribution in [3.8, 4) is 28.5 Å². The summed E-state index contributed by atoms with van der Waals surface area (Å²) in [7, 11) is 1.52. The predicted molar refractivity (Wildman–Crippen MR) is 134 cm³/mol. The highest BCUT2D eigenvalue weighted by Gasteiger charge is 2.40. The minimum atomic E-state index is -1.05. The number of carbonyl (C=O) groups is 1. The molecule has 0 unspecified atom stereocenters. The normalized spacial score (nSPS) is 17.0. The molecule has 3 aromatic rings. The zero-order valence-electron chi connectivity index (χ0n) is 21.0. The largest absolute Gasteiger partial charge is 0.477 e. The van der Waals surface area contributed by atoms with Crippen molar-refractivity contribution < 1.29 is 23.4 Å². The van der Waals surface area contributed by atoms with Crippen molar-refractivity contribution >= 4 is 12.2 Å². The van der Waals surface area contributed by atoms with E-state index in [4.69, 9.17) is 19.2 Å². The maximum atomic E-state index is 14.5. The number of benzene rings is 1. The van der Waals surface area contributed by atoms with Crippen LogP contribution in [0.25, 0.3) is 11.1 Å². The van der Waals surface area contributed by atoms with Crippen LogP contribution < -0.4 is 14.8 Å². The van der Waals surface area contributed by atoms with Gasteiger partial charge in [0, 0.05) is 36.1 Å². The van der Waals surface area contributed by atoms with Crippen LogP contribution in [0.5, 0.6) is 17.4 Å². The van der Waals surface area contributed by atoms with Gasteiger partial charge in [-0.05, 0) is 42.2 Å². The summed E-state index contributed by atoms with van der Waals surface area (Å²) in [5.74, 6) is 1.20. The summed E-state index contributed by atoms with van der Waals surface area (Å²) in [5.41, 5.74) is 1.20. The van der Waals surface area contributed by atoms with Gasteiger partial charge in [0.25, 0.3) is 0 Å². The fourth-order valence-corrected chi connectivity index (χ4v) is 3.99.